The molecule has 2 rings (SSSR count). The second-order valence-electron chi connectivity index (χ2n) is 5.20. The summed E-state index contributed by atoms with van der Waals surface area (Å²) in [5.41, 5.74) is 2.06. The molecule has 0 spiro atoms. The molecular formula is C15H20BrN3O2. The lowest BCUT2D eigenvalue weighted by molar-refractivity contribution is -0.137. The third kappa shape index (κ3) is 4.20. The molecule has 0 radical (unpaired) electrons. The fourth-order valence-electron chi connectivity index (χ4n) is 2.31. The highest BCUT2D eigenvalue weighted by atomic mass is 79.9. The van der Waals surface area contributed by atoms with E-state index in [2.05, 4.69) is 21.2 Å². The third-order valence-electron chi connectivity index (χ3n) is 3.68. The fraction of sp³-hybridized carbons (Fsp3) is 0.467. The van der Waals surface area contributed by atoms with Crippen molar-refractivity contribution in [2.75, 3.05) is 38.0 Å². The topological polar surface area (TPSA) is 52.7 Å². The lowest BCUT2D eigenvalue weighted by Gasteiger charge is -2.34. The van der Waals surface area contributed by atoms with Crippen LogP contribution in [0.2, 0.25) is 0 Å². The minimum absolute atomic E-state index is 0.0683. The molecule has 1 N–H and O–H groups in total. The zero-order valence-electron chi connectivity index (χ0n) is 12.4. The average Bonchev–Trinajstić information content (AvgIpc) is 2.48. The molecule has 6 heteroatoms. The monoisotopic (exact) mass is 353 g/mol. The van der Waals surface area contributed by atoms with Gasteiger partial charge in [0.25, 0.3) is 0 Å². The first-order chi connectivity index (χ1) is 9.97. The van der Waals surface area contributed by atoms with Gasteiger partial charge < -0.3 is 15.1 Å². The Bertz CT molecular complexity index is 540. The number of nitrogens with zero attached hydrogens (tertiary/aromatic N) is 2. The van der Waals surface area contributed by atoms with Crippen molar-refractivity contribution in [3.05, 3.63) is 28.2 Å². The molecule has 1 aliphatic rings. The molecule has 1 aromatic carbocycles. The molecule has 1 saturated heterocycles. The van der Waals surface area contributed by atoms with Crippen LogP contribution in [0.25, 0.3) is 0 Å². The van der Waals surface area contributed by atoms with E-state index in [1.165, 1.54) is 0 Å². The highest BCUT2D eigenvalue weighted by molar-refractivity contribution is 9.10. The van der Waals surface area contributed by atoms with E-state index in [9.17, 15) is 9.59 Å². The van der Waals surface area contributed by atoms with Gasteiger partial charge in [-0.15, -0.1) is 0 Å². The Balaban J connectivity index is 1.82. The van der Waals surface area contributed by atoms with Gasteiger partial charge in [-0.25, -0.2) is 0 Å². The fourth-order valence-corrected chi connectivity index (χ4v) is 2.56. The number of amides is 2. The molecule has 0 aromatic heterocycles. The van der Waals surface area contributed by atoms with E-state index in [0.717, 1.165) is 15.7 Å². The molecule has 5 nitrogen and oxygen atoms in total. The lowest BCUT2D eigenvalue weighted by Crippen LogP contribution is -2.51. The van der Waals surface area contributed by atoms with E-state index < -0.39 is 0 Å². The summed E-state index contributed by atoms with van der Waals surface area (Å²) in [6, 6.07) is 5.91. The van der Waals surface area contributed by atoms with E-state index in [1.807, 2.05) is 25.1 Å². The molecule has 1 aliphatic heterocycles. The van der Waals surface area contributed by atoms with Gasteiger partial charge in [-0.3, -0.25) is 9.59 Å². The second-order valence-corrected chi connectivity index (χ2v) is 6.06. The number of benzene rings is 1. The maximum atomic E-state index is 12.2. The number of piperazine rings is 1. The van der Waals surface area contributed by atoms with Gasteiger partial charge in [-0.1, -0.05) is 15.9 Å². The van der Waals surface area contributed by atoms with Crippen LogP contribution >= 0.6 is 15.9 Å². The summed E-state index contributed by atoms with van der Waals surface area (Å²) < 4.78 is 1.06. The highest BCUT2D eigenvalue weighted by Gasteiger charge is 2.21. The number of rotatable bonds is 3. The number of carbonyl (C=O) groups is 2. The van der Waals surface area contributed by atoms with E-state index >= 15 is 0 Å². The van der Waals surface area contributed by atoms with Crippen molar-refractivity contribution in [3.8, 4) is 0 Å². The van der Waals surface area contributed by atoms with Crippen LogP contribution in [-0.4, -0.2) is 54.3 Å². The smallest absolute Gasteiger partial charge is 0.241 e. The summed E-state index contributed by atoms with van der Waals surface area (Å²) in [5, 5.41) is 3.15. The van der Waals surface area contributed by atoms with Crippen LogP contribution in [-0.2, 0) is 9.59 Å². The Hall–Kier alpha value is -1.56. The van der Waals surface area contributed by atoms with Gasteiger partial charge in [0.15, 0.2) is 0 Å². The summed E-state index contributed by atoms with van der Waals surface area (Å²) in [7, 11) is 0. The first-order valence-corrected chi connectivity index (χ1v) is 7.80. The van der Waals surface area contributed by atoms with Gasteiger partial charge in [0.1, 0.15) is 0 Å². The Kier molecular flexibility index (Phi) is 5.22. The predicted octanol–water partition coefficient (Wildman–Crippen LogP) is 1.86. The van der Waals surface area contributed by atoms with Crippen LogP contribution in [0, 0.1) is 6.92 Å². The molecule has 1 aromatic rings. The zero-order chi connectivity index (χ0) is 15.4. The number of hydrogen-bond donors (Lipinski definition) is 1. The van der Waals surface area contributed by atoms with Crippen LogP contribution in [0.15, 0.2) is 22.7 Å². The van der Waals surface area contributed by atoms with Crippen LogP contribution in [0.5, 0.6) is 0 Å². The van der Waals surface area contributed by atoms with Crippen LogP contribution < -0.4 is 5.32 Å². The molecule has 1 heterocycles. The normalized spacial score (nSPS) is 15.0. The number of nitrogens with one attached hydrogen (secondary N) is 1. The van der Waals surface area contributed by atoms with Crippen molar-refractivity contribution in [3.63, 3.8) is 0 Å². The minimum Gasteiger partial charge on any atom is -0.376 e. The van der Waals surface area contributed by atoms with Crippen LogP contribution in [0.3, 0.4) is 0 Å². The first-order valence-electron chi connectivity index (χ1n) is 7.00. The van der Waals surface area contributed by atoms with E-state index in [-0.39, 0.29) is 18.4 Å². The van der Waals surface area contributed by atoms with E-state index in [4.69, 9.17) is 0 Å². The molecule has 0 bridgehead atoms. The van der Waals surface area contributed by atoms with Crippen molar-refractivity contribution < 1.29 is 9.59 Å². The Morgan fingerprint density at radius 1 is 1.19 bits per heavy atom. The molecule has 0 saturated carbocycles. The summed E-state index contributed by atoms with van der Waals surface area (Å²) in [4.78, 5) is 27.0. The number of anilines is 1. The van der Waals surface area contributed by atoms with Crippen molar-refractivity contribution >= 4 is 33.4 Å². The summed E-state index contributed by atoms with van der Waals surface area (Å²) in [6.07, 6.45) is 0. The summed E-state index contributed by atoms with van der Waals surface area (Å²) in [6.45, 7) is 6.32. The molecule has 21 heavy (non-hydrogen) atoms. The van der Waals surface area contributed by atoms with Crippen molar-refractivity contribution in [2.24, 2.45) is 0 Å². The largest absolute Gasteiger partial charge is 0.376 e. The maximum absolute atomic E-state index is 12.2. The van der Waals surface area contributed by atoms with Crippen LogP contribution in [0.4, 0.5) is 5.69 Å². The molecule has 0 unspecified atom stereocenters. The van der Waals surface area contributed by atoms with Gasteiger partial charge in [-0.05, 0) is 30.7 Å². The van der Waals surface area contributed by atoms with E-state index in [0.29, 0.717) is 26.2 Å². The van der Waals surface area contributed by atoms with Gasteiger partial charge in [0.2, 0.25) is 11.8 Å². The van der Waals surface area contributed by atoms with Gasteiger partial charge in [-0.2, -0.15) is 0 Å². The van der Waals surface area contributed by atoms with Crippen molar-refractivity contribution in [2.45, 2.75) is 13.8 Å². The van der Waals surface area contributed by atoms with Crippen molar-refractivity contribution in [1.82, 2.24) is 9.80 Å². The summed E-state index contributed by atoms with van der Waals surface area (Å²) in [5.74, 6) is 0.143. The SMILES string of the molecule is CC(=O)N1CCN(C(=O)CNc2ccc(Br)c(C)c2)CC1. The quantitative estimate of drug-likeness (QED) is 0.902. The highest BCUT2D eigenvalue weighted by Crippen LogP contribution is 2.19. The molecule has 0 atom stereocenters. The minimum atomic E-state index is 0.0683. The standard InChI is InChI=1S/C15H20BrN3O2/c1-11-9-13(3-4-14(11)16)17-10-15(21)19-7-5-18(6-8-19)12(2)20/h3-4,9,17H,5-8,10H2,1-2H3. The maximum Gasteiger partial charge on any atom is 0.241 e. The third-order valence-corrected chi connectivity index (χ3v) is 4.57. The number of hydrogen-bond acceptors (Lipinski definition) is 3. The first kappa shape index (κ1) is 15.8. The molecule has 0 aliphatic carbocycles. The van der Waals surface area contributed by atoms with Crippen LogP contribution in [0.1, 0.15) is 12.5 Å². The number of halogens is 1. The Labute approximate surface area is 133 Å². The molecular weight excluding hydrogens is 334 g/mol. The van der Waals surface area contributed by atoms with Crippen molar-refractivity contribution in [1.29, 1.82) is 0 Å². The Morgan fingerprint density at radius 2 is 1.81 bits per heavy atom. The van der Waals surface area contributed by atoms with Gasteiger partial charge in [0, 0.05) is 43.3 Å². The van der Waals surface area contributed by atoms with Gasteiger partial charge in [0.05, 0.1) is 6.54 Å². The van der Waals surface area contributed by atoms with E-state index in [1.54, 1.807) is 16.7 Å². The average molecular weight is 354 g/mol. The summed E-state index contributed by atoms with van der Waals surface area (Å²) >= 11 is 3.45. The lowest BCUT2D eigenvalue weighted by atomic mass is 10.2. The number of aryl methyl sites for hydroxylation is 1. The molecule has 114 valence electrons. The Morgan fingerprint density at radius 3 is 2.38 bits per heavy atom. The predicted molar refractivity (Wildman–Crippen MR) is 86.2 cm³/mol. The second kappa shape index (κ2) is 6.93. The molecule has 2 amide bonds. The number of carbonyl (C=O) groups excluding carboxylic acids is 2. The zero-order valence-corrected chi connectivity index (χ0v) is 13.9. The molecule has 1 fully saturated rings. The van der Waals surface area contributed by atoms with Gasteiger partial charge >= 0.3 is 0 Å².